The van der Waals surface area contributed by atoms with Gasteiger partial charge in [-0.3, -0.25) is 0 Å². The van der Waals surface area contributed by atoms with Gasteiger partial charge in [-0.15, -0.1) is 0 Å². The van der Waals surface area contributed by atoms with E-state index in [1.807, 2.05) is 0 Å². The Kier molecular flexibility index (Phi) is 4.43. The van der Waals surface area contributed by atoms with Crippen LogP contribution in [0.3, 0.4) is 0 Å². The molecule has 0 saturated carbocycles. The van der Waals surface area contributed by atoms with Gasteiger partial charge in [-0.1, -0.05) is 23.2 Å². The summed E-state index contributed by atoms with van der Waals surface area (Å²) in [5, 5.41) is 3.21. The summed E-state index contributed by atoms with van der Waals surface area (Å²) < 4.78 is 25.5. The third kappa shape index (κ3) is 2.61. The van der Waals surface area contributed by atoms with E-state index in [0.29, 0.717) is 28.3 Å². The first-order valence-corrected chi connectivity index (χ1v) is 7.73. The number of guanidine groups is 1. The van der Waals surface area contributed by atoms with Crippen LogP contribution in [0.4, 0.5) is 10.1 Å². The lowest BCUT2D eigenvalue weighted by Crippen LogP contribution is -2.33. The quantitative estimate of drug-likeness (QED) is 0.861. The van der Waals surface area contributed by atoms with Crippen LogP contribution in [0.5, 0.6) is 11.5 Å². The lowest BCUT2D eigenvalue weighted by Gasteiger charge is -2.19. The number of nitrogens with two attached hydrogens (primary N) is 1. The fourth-order valence-corrected chi connectivity index (χ4v) is 3.25. The van der Waals surface area contributed by atoms with Crippen molar-refractivity contribution in [3.8, 4) is 22.6 Å². The van der Waals surface area contributed by atoms with Crippen LogP contribution in [-0.2, 0) is 6.54 Å². The van der Waals surface area contributed by atoms with Crippen LogP contribution in [0, 0.1) is 5.82 Å². The zero-order chi connectivity index (χ0) is 17.4. The molecule has 8 heteroatoms. The molecule has 126 valence electrons. The van der Waals surface area contributed by atoms with Crippen LogP contribution in [0.15, 0.2) is 23.2 Å². The fourth-order valence-electron chi connectivity index (χ4n) is 2.55. The largest absolute Gasteiger partial charge is 0.495 e. The average Bonchev–Trinajstić information content (AvgIpc) is 2.57. The van der Waals surface area contributed by atoms with Gasteiger partial charge in [0.15, 0.2) is 5.96 Å². The predicted molar refractivity (Wildman–Crippen MR) is 93.1 cm³/mol. The Morgan fingerprint density at radius 1 is 1.17 bits per heavy atom. The van der Waals surface area contributed by atoms with Gasteiger partial charge in [0.2, 0.25) is 0 Å². The molecule has 0 saturated heterocycles. The number of nitrogens with zero attached hydrogens (tertiary/aromatic N) is 1. The van der Waals surface area contributed by atoms with Gasteiger partial charge >= 0.3 is 0 Å². The van der Waals surface area contributed by atoms with Crippen molar-refractivity contribution in [1.29, 1.82) is 0 Å². The summed E-state index contributed by atoms with van der Waals surface area (Å²) >= 11 is 12.7. The first-order valence-electron chi connectivity index (χ1n) is 6.97. The molecule has 0 atom stereocenters. The number of halogens is 3. The second kappa shape index (κ2) is 6.37. The third-order valence-electron chi connectivity index (χ3n) is 3.75. The van der Waals surface area contributed by atoms with Crippen molar-refractivity contribution in [2.75, 3.05) is 14.2 Å². The summed E-state index contributed by atoms with van der Waals surface area (Å²) in [5.41, 5.74) is 7.00. The maximum Gasteiger partial charge on any atom is 0.194 e. The van der Waals surface area contributed by atoms with E-state index in [2.05, 4.69) is 10.3 Å². The maximum absolute atomic E-state index is 15.0. The van der Waals surface area contributed by atoms with E-state index in [-0.39, 0.29) is 28.1 Å². The zero-order valence-corrected chi connectivity index (χ0v) is 14.4. The Morgan fingerprint density at radius 3 is 2.38 bits per heavy atom. The highest BCUT2D eigenvalue weighted by Gasteiger charge is 2.24. The van der Waals surface area contributed by atoms with Crippen molar-refractivity contribution in [3.05, 3.63) is 39.6 Å². The van der Waals surface area contributed by atoms with Crippen LogP contribution < -0.4 is 20.5 Å². The molecule has 1 aliphatic heterocycles. The Bertz CT molecular complexity index is 828. The average molecular weight is 370 g/mol. The first-order chi connectivity index (χ1) is 11.5. The highest BCUT2D eigenvalue weighted by atomic mass is 35.5. The van der Waals surface area contributed by atoms with Gasteiger partial charge in [0, 0.05) is 29.3 Å². The molecule has 0 spiro atoms. The molecule has 5 nitrogen and oxygen atoms in total. The summed E-state index contributed by atoms with van der Waals surface area (Å²) in [6.45, 7) is 0.223. The highest BCUT2D eigenvalue weighted by Crippen LogP contribution is 2.47. The molecule has 0 aliphatic carbocycles. The van der Waals surface area contributed by atoms with Crippen molar-refractivity contribution >= 4 is 34.8 Å². The number of nitrogens with one attached hydrogen (secondary N) is 1. The van der Waals surface area contributed by atoms with E-state index in [4.69, 9.17) is 38.4 Å². The molecular formula is C16H14Cl2FN3O2. The summed E-state index contributed by atoms with van der Waals surface area (Å²) in [6, 6.07) is 4.78. The highest BCUT2D eigenvalue weighted by molar-refractivity contribution is 6.41. The number of rotatable bonds is 3. The molecule has 2 aromatic carbocycles. The number of aliphatic imine (C=N–C) groups is 1. The number of benzene rings is 2. The van der Waals surface area contributed by atoms with Gasteiger partial charge in [0.1, 0.15) is 17.3 Å². The molecule has 0 amide bonds. The van der Waals surface area contributed by atoms with Crippen LogP contribution in [0.25, 0.3) is 11.1 Å². The minimum Gasteiger partial charge on any atom is -0.495 e. The van der Waals surface area contributed by atoms with Gasteiger partial charge in [-0.2, -0.15) is 0 Å². The van der Waals surface area contributed by atoms with E-state index in [1.165, 1.54) is 14.2 Å². The van der Waals surface area contributed by atoms with Crippen LogP contribution in [0.1, 0.15) is 5.56 Å². The molecule has 0 aromatic heterocycles. The Balaban J connectivity index is 2.27. The van der Waals surface area contributed by atoms with Crippen molar-refractivity contribution in [2.24, 2.45) is 10.7 Å². The predicted octanol–water partition coefficient (Wildman–Crippen LogP) is 3.87. The summed E-state index contributed by atoms with van der Waals surface area (Å²) in [4.78, 5) is 4.08. The van der Waals surface area contributed by atoms with Crippen molar-refractivity contribution < 1.29 is 13.9 Å². The van der Waals surface area contributed by atoms with Gasteiger partial charge < -0.3 is 20.5 Å². The monoisotopic (exact) mass is 369 g/mol. The minimum atomic E-state index is -0.477. The van der Waals surface area contributed by atoms with Crippen molar-refractivity contribution in [3.63, 3.8) is 0 Å². The number of ether oxygens (including phenoxy) is 2. The topological polar surface area (TPSA) is 68.9 Å². The molecule has 1 aliphatic rings. The van der Waals surface area contributed by atoms with Crippen LogP contribution in [-0.4, -0.2) is 20.2 Å². The van der Waals surface area contributed by atoms with Crippen molar-refractivity contribution in [1.82, 2.24) is 5.32 Å². The third-order valence-corrected chi connectivity index (χ3v) is 4.50. The van der Waals surface area contributed by atoms with Crippen LogP contribution in [0.2, 0.25) is 10.0 Å². The molecular weight excluding hydrogens is 356 g/mol. The second-order valence-electron chi connectivity index (χ2n) is 5.06. The summed E-state index contributed by atoms with van der Waals surface area (Å²) in [5.74, 6) is 0.444. The van der Waals surface area contributed by atoms with E-state index in [9.17, 15) is 0 Å². The van der Waals surface area contributed by atoms with Crippen molar-refractivity contribution in [2.45, 2.75) is 6.54 Å². The standard InChI is InChI=1S/C16H14Cl2FN3O2/c1-23-10-5-11(24-2)14(18)12(13(10)17)7-3-4-9-8(15(7)19)6-21-16(20)22-9/h3-5H,6H2,1-2H3,(H3,20,21,22). The first kappa shape index (κ1) is 16.7. The lowest BCUT2D eigenvalue weighted by molar-refractivity contribution is 0.395. The smallest absolute Gasteiger partial charge is 0.194 e. The van der Waals surface area contributed by atoms with E-state index >= 15 is 4.39 Å². The molecule has 3 N–H and O–H groups in total. The van der Waals surface area contributed by atoms with Gasteiger partial charge in [-0.05, 0) is 12.1 Å². The molecule has 2 aromatic rings. The number of fused-ring (bicyclic) bond motifs is 1. The Labute approximate surface area is 148 Å². The zero-order valence-electron chi connectivity index (χ0n) is 12.9. The normalized spacial score (nSPS) is 13.0. The molecule has 0 bridgehead atoms. The van der Waals surface area contributed by atoms with Crippen LogP contribution >= 0.6 is 23.2 Å². The SMILES string of the molecule is COc1cc(OC)c(Cl)c(-c2ccc3c(c2F)CNC(N)=N3)c1Cl. The van der Waals surface area contributed by atoms with Gasteiger partial charge in [0.25, 0.3) is 0 Å². The number of hydrogen-bond donors (Lipinski definition) is 2. The molecule has 1 heterocycles. The van der Waals surface area contributed by atoms with E-state index in [0.717, 1.165) is 0 Å². The maximum atomic E-state index is 15.0. The second-order valence-corrected chi connectivity index (χ2v) is 5.82. The van der Waals surface area contributed by atoms with Gasteiger partial charge in [-0.25, -0.2) is 9.38 Å². The van der Waals surface area contributed by atoms with E-state index < -0.39 is 5.82 Å². The fraction of sp³-hybridized carbons (Fsp3) is 0.188. The van der Waals surface area contributed by atoms with Gasteiger partial charge in [0.05, 0.1) is 30.0 Å². The summed E-state index contributed by atoms with van der Waals surface area (Å²) in [6.07, 6.45) is 0. The van der Waals surface area contributed by atoms with E-state index in [1.54, 1.807) is 18.2 Å². The number of hydrogen-bond acceptors (Lipinski definition) is 5. The minimum absolute atomic E-state index is 0.203. The Morgan fingerprint density at radius 2 is 1.79 bits per heavy atom. The number of methoxy groups -OCH3 is 2. The molecule has 0 fully saturated rings. The molecule has 3 rings (SSSR count). The molecule has 0 unspecified atom stereocenters. The Hall–Kier alpha value is -2.18. The molecule has 0 radical (unpaired) electrons. The molecule has 24 heavy (non-hydrogen) atoms. The lowest BCUT2D eigenvalue weighted by atomic mass is 9.99. The summed E-state index contributed by atoms with van der Waals surface area (Å²) in [7, 11) is 2.92.